The number of amides is 1. The maximum Gasteiger partial charge on any atom is 0.261 e. The second-order valence-electron chi connectivity index (χ2n) is 4.16. The molecule has 0 aliphatic carbocycles. The standard InChI is InChI=1S/C14H18FNO3/c1-4-7-16-14(18)10(3)19-13-6-5-11(9(2)17)8-12(13)15/h4-6,8-10,17H,1,7H2,2-3H3,(H,16,18). The molecule has 0 saturated carbocycles. The maximum absolute atomic E-state index is 13.7. The molecule has 0 aromatic heterocycles. The van der Waals surface area contributed by atoms with Crippen LogP contribution in [0.1, 0.15) is 25.5 Å². The van der Waals surface area contributed by atoms with E-state index in [9.17, 15) is 14.3 Å². The Morgan fingerprint density at radius 2 is 2.26 bits per heavy atom. The third kappa shape index (κ3) is 4.37. The fourth-order valence-electron chi connectivity index (χ4n) is 1.43. The van der Waals surface area contributed by atoms with Crippen LogP contribution < -0.4 is 10.1 Å². The zero-order valence-corrected chi connectivity index (χ0v) is 11.0. The van der Waals surface area contributed by atoms with Gasteiger partial charge in [0.05, 0.1) is 6.10 Å². The van der Waals surface area contributed by atoms with Gasteiger partial charge in [-0.2, -0.15) is 0 Å². The molecular weight excluding hydrogens is 249 g/mol. The quantitative estimate of drug-likeness (QED) is 0.774. The van der Waals surface area contributed by atoms with Crippen LogP contribution in [0.4, 0.5) is 4.39 Å². The van der Waals surface area contributed by atoms with Gasteiger partial charge in [-0.3, -0.25) is 4.79 Å². The minimum Gasteiger partial charge on any atom is -0.478 e. The average Bonchev–Trinajstić information content (AvgIpc) is 2.37. The van der Waals surface area contributed by atoms with Crippen molar-refractivity contribution in [1.82, 2.24) is 5.32 Å². The smallest absolute Gasteiger partial charge is 0.261 e. The Hall–Kier alpha value is -1.88. The molecule has 1 aromatic rings. The number of benzene rings is 1. The summed E-state index contributed by atoms with van der Waals surface area (Å²) in [5.74, 6) is -0.980. The number of ether oxygens (including phenoxy) is 1. The van der Waals surface area contributed by atoms with Crippen LogP contribution in [-0.4, -0.2) is 23.7 Å². The summed E-state index contributed by atoms with van der Waals surface area (Å²) in [6, 6.07) is 4.14. The van der Waals surface area contributed by atoms with Gasteiger partial charge in [-0.15, -0.1) is 6.58 Å². The summed E-state index contributed by atoms with van der Waals surface area (Å²) in [5.41, 5.74) is 0.452. The van der Waals surface area contributed by atoms with Crippen LogP contribution in [0.5, 0.6) is 5.75 Å². The lowest BCUT2D eigenvalue weighted by Crippen LogP contribution is -2.36. The summed E-state index contributed by atoms with van der Waals surface area (Å²) < 4.78 is 18.9. The van der Waals surface area contributed by atoms with E-state index in [2.05, 4.69) is 11.9 Å². The second kappa shape index (κ2) is 6.89. The molecule has 0 radical (unpaired) electrons. The molecule has 2 unspecified atom stereocenters. The highest BCUT2D eigenvalue weighted by atomic mass is 19.1. The minimum atomic E-state index is -0.813. The third-order valence-electron chi connectivity index (χ3n) is 2.53. The number of carbonyl (C=O) groups is 1. The van der Waals surface area contributed by atoms with Gasteiger partial charge in [0, 0.05) is 6.54 Å². The number of aliphatic hydroxyl groups excluding tert-OH is 1. The highest BCUT2D eigenvalue weighted by molar-refractivity contribution is 5.80. The molecule has 2 atom stereocenters. The van der Waals surface area contributed by atoms with Crippen LogP contribution in [0.25, 0.3) is 0 Å². The zero-order chi connectivity index (χ0) is 14.4. The number of hydrogen-bond acceptors (Lipinski definition) is 3. The maximum atomic E-state index is 13.7. The molecule has 104 valence electrons. The van der Waals surface area contributed by atoms with Gasteiger partial charge in [0.2, 0.25) is 0 Å². The molecule has 0 spiro atoms. The van der Waals surface area contributed by atoms with Gasteiger partial charge in [-0.05, 0) is 31.5 Å². The van der Waals surface area contributed by atoms with E-state index in [1.165, 1.54) is 19.1 Å². The number of hydrogen-bond donors (Lipinski definition) is 2. The van der Waals surface area contributed by atoms with Crippen LogP contribution in [0, 0.1) is 5.82 Å². The second-order valence-corrected chi connectivity index (χ2v) is 4.16. The Balaban J connectivity index is 2.71. The van der Waals surface area contributed by atoms with E-state index in [1.54, 1.807) is 19.1 Å². The fourth-order valence-corrected chi connectivity index (χ4v) is 1.43. The summed E-state index contributed by atoms with van der Waals surface area (Å²) in [4.78, 5) is 11.5. The molecule has 5 heteroatoms. The molecule has 0 aliphatic heterocycles. The van der Waals surface area contributed by atoms with E-state index in [0.29, 0.717) is 12.1 Å². The Bertz CT molecular complexity index is 460. The van der Waals surface area contributed by atoms with Gasteiger partial charge in [0.1, 0.15) is 0 Å². The molecule has 0 fully saturated rings. The number of aliphatic hydroxyl groups is 1. The van der Waals surface area contributed by atoms with Crippen molar-refractivity contribution < 1.29 is 19.0 Å². The highest BCUT2D eigenvalue weighted by Gasteiger charge is 2.16. The predicted molar refractivity (Wildman–Crippen MR) is 70.3 cm³/mol. The molecule has 0 bridgehead atoms. The van der Waals surface area contributed by atoms with E-state index < -0.39 is 18.0 Å². The molecule has 0 aliphatic rings. The first kappa shape index (κ1) is 15.2. The predicted octanol–water partition coefficient (Wildman–Crippen LogP) is 1.95. The van der Waals surface area contributed by atoms with E-state index in [1.807, 2.05) is 0 Å². The minimum absolute atomic E-state index is 0.0225. The lowest BCUT2D eigenvalue weighted by atomic mass is 10.1. The van der Waals surface area contributed by atoms with Gasteiger partial charge in [-0.25, -0.2) is 4.39 Å². The average molecular weight is 267 g/mol. The lowest BCUT2D eigenvalue weighted by molar-refractivity contribution is -0.127. The molecule has 1 rings (SSSR count). The largest absolute Gasteiger partial charge is 0.478 e. The van der Waals surface area contributed by atoms with Crippen molar-refractivity contribution in [2.45, 2.75) is 26.1 Å². The zero-order valence-electron chi connectivity index (χ0n) is 11.0. The van der Waals surface area contributed by atoms with Crippen LogP contribution in [0.15, 0.2) is 30.9 Å². The third-order valence-corrected chi connectivity index (χ3v) is 2.53. The van der Waals surface area contributed by atoms with Crippen LogP contribution in [0.3, 0.4) is 0 Å². The van der Waals surface area contributed by atoms with E-state index in [-0.39, 0.29) is 11.7 Å². The number of nitrogens with one attached hydrogen (secondary N) is 1. The molecule has 0 heterocycles. The Morgan fingerprint density at radius 3 is 2.79 bits per heavy atom. The molecule has 2 N–H and O–H groups in total. The van der Waals surface area contributed by atoms with Crippen molar-refractivity contribution in [3.8, 4) is 5.75 Å². The van der Waals surface area contributed by atoms with E-state index in [4.69, 9.17) is 4.74 Å². The first-order valence-electron chi connectivity index (χ1n) is 5.98. The monoisotopic (exact) mass is 267 g/mol. The van der Waals surface area contributed by atoms with Crippen molar-refractivity contribution in [1.29, 1.82) is 0 Å². The molecule has 4 nitrogen and oxygen atoms in total. The van der Waals surface area contributed by atoms with Crippen LogP contribution in [-0.2, 0) is 4.79 Å². The first-order valence-corrected chi connectivity index (χ1v) is 5.98. The van der Waals surface area contributed by atoms with Crippen LogP contribution in [0.2, 0.25) is 0 Å². The van der Waals surface area contributed by atoms with Gasteiger partial charge in [0.15, 0.2) is 17.7 Å². The van der Waals surface area contributed by atoms with E-state index >= 15 is 0 Å². The Kier molecular flexibility index (Phi) is 5.51. The lowest BCUT2D eigenvalue weighted by Gasteiger charge is -2.15. The molecule has 0 saturated heterocycles. The van der Waals surface area contributed by atoms with Crippen molar-refractivity contribution in [2.24, 2.45) is 0 Å². The van der Waals surface area contributed by atoms with E-state index in [0.717, 1.165) is 0 Å². The molecule has 19 heavy (non-hydrogen) atoms. The first-order chi connectivity index (χ1) is 8.95. The Labute approximate surface area is 111 Å². The van der Waals surface area contributed by atoms with Gasteiger partial charge in [0.25, 0.3) is 5.91 Å². The summed E-state index contributed by atoms with van der Waals surface area (Å²) in [7, 11) is 0. The Morgan fingerprint density at radius 1 is 1.58 bits per heavy atom. The van der Waals surface area contributed by atoms with Gasteiger partial charge >= 0.3 is 0 Å². The topological polar surface area (TPSA) is 58.6 Å². The van der Waals surface area contributed by atoms with Crippen molar-refractivity contribution in [2.75, 3.05) is 6.54 Å². The summed E-state index contributed by atoms with van der Waals surface area (Å²) in [6.45, 7) is 6.88. The van der Waals surface area contributed by atoms with Gasteiger partial charge in [-0.1, -0.05) is 12.1 Å². The fraction of sp³-hybridized carbons (Fsp3) is 0.357. The molecular formula is C14H18FNO3. The van der Waals surface area contributed by atoms with Crippen LogP contribution >= 0.6 is 0 Å². The van der Waals surface area contributed by atoms with Gasteiger partial charge < -0.3 is 15.2 Å². The molecule has 1 amide bonds. The van der Waals surface area contributed by atoms with Crippen molar-refractivity contribution in [3.63, 3.8) is 0 Å². The summed E-state index contributed by atoms with van der Waals surface area (Å²) in [5, 5.41) is 11.9. The molecule has 1 aromatic carbocycles. The SMILES string of the molecule is C=CCNC(=O)C(C)Oc1ccc(C(C)O)cc1F. The highest BCUT2D eigenvalue weighted by Crippen LogP contribution is 2.22. The summed E-state index contributed by atoms with van der Waals surface area (Å²) in [6.07, 6.45) is -0.0217. The normalized spacial score (nSPS) is 13.5. The number of halogens is 1. The van der Waals surface area contributed by atoms with Crippen molar-refractivity contribution >= 4 is 5.91 Å². The summed E-state index contributed by atoms with van der Waals surface area (Å²) >= 11 is 0. The number of rotatable bonds is 6. The number of carbonyl (C=O) groups excluding carboxylic acids is 1. The van der Waals surface area contributed by atoms with Crippen molar-refractivity contribution in [3.05, 3.63) is 42.2 Å².